The number of carboxylic acids is 1. The Hall–Kier alpha value is -1.14. The number of aliphatic carboxylic acids is 1. The van der Waals surface area contributed by atoms with Gasteiger partial charge in [0.2, 0.25) is 0 Å². The van der Waals surface area contributed by atoms with Crippen molar-refractivity contribution in [2.45, 2.75) is 63.7 Å². The molecule has 6 heteroatoms. The van der Waals surface area contributed by atoms with Gasteiger partial charge in [0.25, 0.3) is 5.91 Å². The van der Waals surface area contributed by atoms with Crippen molar-refractivity contribution >= 4 is 11.9 Å². The molecule has 120 valence electrons. The highest BCUT2D eigenvalue weighted by Gasteiger charge is 2.34. The van der Waals surface area contributed by atoms with Crippen LogP contribution in [-0.4, -0.2) is 59.9 Å². The predicted octanol–water partition coefficient (Wildman–Crippen LogP) is 1.43. The molecule has 2 unspecified atom stereocenters. The molecule has 6 nitrogen and oxygen atoms in total. The monoisotopic (exact) mass is 299 g/mol. The fourth-order valence-electron chi connectivity index (χ4n) is 2.95. The minimum atomic E-state index is -0.925. The van der Waals surface area contributed by atoms with Crippen LogP contribution in [0.1, 0.15) is 45.4 Å². The second-order valence-electron chi connectivity index (χ2n) is 5.85. The van der Waals surface area contributed by atoms with Gasteiger partial charge in [-0.2, -0.15) is 0 Å². The Bertz CT molecular complexity index is 367. The first-order valence-electron chi connectivity index (χ1n) is 7.86. The molecule has 0 aromatic carbocycles. The number of rotatable bonds is 5. The number of nitrogens with zero attached hydrogens (tertiary/aromatic N) is 1. The SMILES string of the molecule is CC(OCC1CCCCO1)C(=O)N1CCCC[C@@H]1C(=O)O. The number of amides is 1. The molecule has 0 radical (unpaired) electrons. The van der Waals surface area contributed by atoms with Gasteiger partial charge >= 0.3 is 5.97 Å². The van der Waals surface area contributed by atoms with Crippen LogP contribution in [0.5, 0.6) is 0 Å². The lowest BCUT2D eigenvalue weighted by Gasteiger charge is -2.35. The Morgan fingerprint density at radius 2 is 2.05 bits per heavy atom. The number of carbonyl (C=O) groups excluding carboxylic acids is 1. The maximum absolute atomic E-state index is 12.4. The van der Waals surface area contributed by atoms with Crippen LogP contribution >= 0.6 is 0 Å². The molecule has 2 heterocycles. The molecule has 2 aliphatic rings. The van der Waals surface area contributed by atoms with Crippen molar-refractivity contribution in [2.24, 2.45) is 0 Å². The number of hydrogen-bond acceptors (Lipinski definition) is 4. The summed E-state index contributed by atoms with van der Waals surface area (Å²) in [6, 6.07) is -0.705. The van der Waals surface area contributed by atoms with Gasteiger partial charge < -0.3 is 19.5 Å². The molecule has 1 N–H and O–H groups in total. The number of carbonyl (C=O) groups is 2. The lowest BCUT2D eigenvalue weighted by Crippen LogP contribution is -2.51. The Morgan fingerprint density at radius 3 is 2.71 bits per heavy atom. The Kier molecular flexibility index (Phi) is 5.99. The van der Waals surface area contributed by atoms with Crippen molar-refractivity contribution in [1.29, 1.82) is 0 Å². The van der Waals surface area contributed by atoms with Crippen molar-refractivity contribution in [1.82, 2.24) is 4.90 Å². The van der Waals surface area contributed by atoms with Crippen molar-refractivity contribution in [3.05, 3.63) is 0 Å². The van der Waals surface area contributed by atoms with Crippen LogP contribution in [0.3, 0.4) is 0 Å². The minimum absolute atomic E-state index is 0.0608. The van der Waals surface area contributed by atoms with E-state index in [0.717, 1.165) is 38.7 Å². The Balaban J connectivity index is 1.83. The zero-order valence-corrected chi connectivity index (χ0v) is 12.6. The summed E-state index contributed by atoms with van der Waals surface area (Å²) in [5.41, 5.74) is 0. The highest BCUT2D eigenvalue weighted by Crippen LogP contribution is 2.19. The summed E-state index contributed by atoms with van der Waals surface area (Å²) in [7, 11) is 0. The van der Waals surface area contributed by atoms with E-state index in [2.05, 4.69) is 0 Å². The number of carboxylic acid groups (broad SMARTS) is 1. The van der Waals surface area contributed by atoms with E-state index in [0.29, 0.717) is 19.6 Å². The maximum atomic E-state index is 12.4. The normalized spacial score (nSPS) is 28.1. The van der Waals surface area contributed by atoms with Crippen LogP contribution in [0.4, 0.5) is 0 Å². The zero-order valence-electron chi connectivity index (χ0n) is 12.6. The molecule has 1 amide bonds. The van der Waals surface area contributed by atoms with E-state index in [1.807, 2.05) is 0 Å². The molecule has 0 aromatic heterocycles. The van der Waals surface area contributed by atoms with Gasteiger partial charge in [0.15, 0.2) is 0 Å². The summed E-state index contributed by atoms with van der Waals surface area (Å²) in [4.78, 5) is 25.1. The lowest BCUT2D eigenvalue weighted by atomic mass is 10.0. The summed E-state index contributed by atoms with van der Waals surface area (Å²) in [5, 5.41) is 9.22. The highest BCUT2D eigenvalue weighted by atomic mass is 16.5. The molecule has 0 bridgehead atoms. The van der Waals surface area contributed by atoms with Crippen molar-refractivity contribution in [2.75, 3.05) is 19.8 Å². The van der Waals surface area contributed by atoms with Gasteiger partial charge in [-0.25, -0.2) is 4.79 Å². The first-order valence-corrected chi connectivity index (χ1v) is 7.86. The summed E-state index contributed by atoms with van der Waals surface area (Å²) < 4.78 is 11.2. The van der Waals surface area contributed by atoms with Crippen LogP contribution in [0.15, 0.2) is 0 Å². The smallest absolute Gasteiger partial charge is 0.326 e. The predicted molar refractivity (Wildman–Crippen MR) is 76.0 cm³/mol. The maximum Gasteiger partial charge on any atom is 0.326 e. The molecule has 2 aliphatic heterocycles. The van der Waals surface area contributed by atoms with E-state index < -0.39 is 18.1 Å². The van der Waals surface area contributed by atoms with Crippen molar-refractivity contribution < 1.29 is 24.2 Å². The van der Waals surface area contributed by atoms with Crippen LogP contribution in [0.25, 0.3) is 0 Å². The van der Waals surface area contributed by atoms with E-state index in [9.17, 15) is 14.7 Å². The quantitative estimate of drug-likeness (QED) is 0.831. The molecule has 0 spiro atoms. The molecule has 21 heavy (non-hydrogen) atoms. The molecular weight excluding hydrogens is 274 g/mol. The summed E-state index contributed by atoms with van der Waals surface area (Å²) >= 11 is 0. The van der Waals surface area contributed by atoms with Crippen molar-refractivity contribution in [3.63, 3.8) is 0 Å². The first-order chi connectivity index (χ1) is 10.1. The largest absolute Gasteiger partial charge is 0.480 e. The number of piperidine rings is 1. The third-order valence-corrected chi connectivity index (χ3v) is 4.22. The summed E-state index contributed by atoms with van der Waals surface area (Å²) in [6.45, 7) is 3.35. The Morgan fingerprint density at radius 1 is 1.29 bits per heavy atom. The number of likely N-dealkylation sites (tertiary alicyclic amines) is 1. The highest BCUT2D eigenvalue weighted by molar-refractivity contribution is 5.86. The third-order valence-electron chi connectivity index (χ3n) is 4.22. The van der Waals surface area contributed by atoms with E-state index in [-0.39, 0.29) is 12.0 Å². The first kappa shape index (κ1) is 16.2. The average Bonchev–Trinajstić information content (AvgIpc) is 2.52. The van der Waals surface area contributed by atoms with Crippen LogP contribution in [0, 0.1) is 0 Å². The summed E-state index contributed by atoms with van der Waals surface area (Å²) in [5.74, 6) is -1.15. The van der Waals surface area contributed by atoms with Gasteiger partial charge in [0.05, 0.1) is 12.7 Å². The third kappa shape index (κ3) is 4.41. The fourth-order valence-corrected chi connectivity index (χ4v) is 2.95. The standard InChI is InChI=1S/C15H25NO5/c1-11(21-10-12-6-3-5-9-20-12)14(17)16-8-4-2-7-13(16)15(18)19/h11-13H,2-10H2,1H3,(H,18,19)/t11?,12?,13-/m1/s1. The second kappa shape index (κ2) is 7.75. The number of hydrogen-bond donors (Lipinski definition) is 1. The van der Waals surface area contributed by atoms with Crippen molar-refractivity contribution in [3.8, 4) is 0 Å². The molecular formula is C15H25NO5. The van der Waals surface area contributed by atoms with E-state index in [1.54, 1.807) is 6.92 Å². The Labute approximate surface area is 125 Å². The molecule has 0 aromatic rings. The van der Waals surface area contributed by atoms with Crippen LogP contribution < -0.4 is 0 Å². The van der Waals surface area contributed by atoms with Gasteiger partial charge in [-0.3, -0.25) is 4.79 Å². The van der Waals surface area contributed by atoms with Crippen LogP contribution in [-0.2, 0) is 19.1 Å². The number of ether oxygens (including phenoxy) is 2. The molecule has 0 aliphatic carbocycles. The molecule has 0 saturated carbocycles. The average molecular weight is 299 g/mol. The lowest BCUT2D eigenvalue weighted by molar-refractivity contribution is -0.159. The molecule has 2 fully saturated rings. The van der Waals surface area contributed by atoms with Gasteiger partial charge in [0, 0.05) is 13.2 Å². The van der Waals surface area contributed by atoms with E-state index >= 15 is 0 Å². The van der Waals surface area contributed by atoms with Gasteiger partial charge in [-0.15, -0.1) is 0 Å². The molecule has 2 rings (SSSR count). The van der Waals surface area contributed by atoms with Crippen LogP contribution in [0.2, 0.25) is 0 Å². The van der Waals surface area contributed by atoms with Gasteiger partial charge in [0.1, 0.15) is 12.1 Å². The second-order valence-corrected chi connectivity index (χ2v) is 5.85. The topological polar surface area (TPSA) is 76.1 Å². The minimum Gasteiger partial charge on any atom is -0.480 e. The fraction of sp³-hybridized carbons (Fsp3) is 0.867. The van der Waals surface area contributed by atoms with Gasteiger partial charge in [-0.1, -0.05) is 0 Å². The van der Waals surface area contributed by atoms with Gasteiger partial charge in [-0.05, 0) is 45.4 Å². The molecule has 2 saturated heterocycles. The summed E-state index contributed by atoms with van der Waals surface area (Å²) in [6.07, 6.45) is 4.85. The van der Waals surface area contributed by atoms with E-state index in [4.69, 9.17) is 9.47 Å². The molecule has 3 atom stereocenters. The zero-order chi connectivity index (χ0) is 15.2. The van der Waals surface area contributed by atoms with E-state index in [1.165, 1.54) is 4.90 Å².